The number of nitrogens with zero attached hydrogens (tertiary/aromatic N) is 4. The number of ether oxygens (including phenoxy) is 2. The minimum Gasteiger partial charge on any atom is -0.494 e. The van der Waals surface area contributed by atoms with E-state index in [2.05, 4.69) is 25.5 Å². The first kappa shape index (κ1) is 20.0. The lowest BCUT2D eigenvalue weighted by atomic mass is 10.0. The van der Waals surface area contributed by atoms with E-state index < -0.39 is 0 Å². The van der Waals surface area contributed by atoms with Crippen molar-refractivity contribution in [2.45, 2.75) is 20.3 Å². The van der Waals surface area contributed by atoms with Crippen molar-refractivity contribution in [1.29, 1.82) is 0 Å². The Bertz CT molecular complexity index is 995. The first-order valence-corrected chi connectivity index (χ1v) is 9.65. The van der Waals surface area contributed by atoms with Crippen molar-refractivity contribution in [2.24, 2.45) is 0 Å². The molecule has 0 aliphatic carbocycles. The number of carbonyl (C=O) groups is 1. The molecule has 8 nitrogen and oxygen atoms in total. The molecule has 3 aromatic heterocycles. The van der Waals surface area contributed by atoms with Crippen molar-refractivity contribution in [3.05, 3.63) is 40.9 Å². The van der Waals surface area contributed by atoms with E-state index in [1.165, 1.54) is 19.5 Å². The van der Waals surface area contributed by atoms with Gasteiger partial charge in [-0.25, -0.2) is 4.98 Å². The third-order valence-electron chi connectivity index (χ3n) is 3.69. The maximum Gasteiger partial charge on any atom is 0.295 e. The lowest BCUT2D eigenvalue weighted by molar-refractivity contribution is 0.102. The molecular weight excluding hydrogens is 402 g/mol. The van der Waals surface area contributed by atoms with Gasteiger partial charge in [-0.05, 0) is 36.8 Å². The highest BCUT2D eigenvalue weighted by Crippen LogP contribution is 2.34. The summed E-state index contributed by atoms with van der Waals surface area (Å²) >= 11 is 7.21. The highest BCUT2D eigenvalue weighted by molar-refractivity contribution is 7.17. The predicted octanol–water partition coefficient (Wildman–Crippen LogP) is 4.01. The van der Waals surface area contributed by atoms with Gasteiger partial charge in [0.2, 0.25) is 5.13 Å². The second-order valence-corrected chi connectivity index (χ2v) is 7.08. The molecule has 0 radical (unpaired) electrons. The third-order valence-corrected chi connectivity index (χ3v) is 4.64. The zero-order valence-corrected chi connectivity index (χ0v) is 17.1. The lowest BCUT2D eigenvalue weighted by Gasteiger charge is -2.13. The molecule has 0 unspecified atom stereocenters. The summed E-state index contributed by atoms with van der Waals surface area (Å²) in [6.45, 7) is 4.37. The first-order valence-electron chi connectivity index (χ1n) is 8.46. The largest absolute Gasteiger partial charge is 0.494 e. The number of amides is 1. The predicted molar refractivity (Wildman–Crippen MR) is 107 cm³/mol. The number of anilines is 1. The van der Waals surface area contributed by atoms with Gasteiger partial charge in [0.1, 0.15) is 10.9 Å². The monoisotopic (exact) mass is 419 g/mol. The van der Waals surface area contributed by atoms with Gasteiger partial charge in [0.05, 0.1) is 25.5 Å². The van der Waals surface area contributed by atoms with Crippen molar-refractivity contribution < 1.29 is 14.3 Å². The van der Waals surface area contributed by atoms with Crippen LogP contribution < -0.4 is 14.8 Å². The van der Waals surface area contributed by atoms with Gasteiger partial charge in [0.15, 0.2) is 0 Å². The van der Waals surface area contributed by atoms with Crippen LogP contribution in [0.3, 0.4) is 0 Å². The van der Waals surface area contributed by atoms with Crippen molar-refractivity contribution in [3.63, 3.8) is 0 Å². The second kappa shape index (κ2) is 8.94. The van der Waals surface area contributed by atoms with Gasteiger partial charge in [-0.15, -0.1) is 5.10 Å². The number of hydrogen-bond acceptors (Lipinski definition) is 8. The first-order chi connectivity index (χ1) is 13.5. The molecule has 28 heavy (non-hydrogen) atoms. The van der Waals surface area contributed by atoms with Crippen molar-refractivity contribution in [3.8, 4) is 22.1 Å². The van der Waals surface area contributed by atoms with Gasteiger partial charge >= 0.3 is 0 Å². The van der Waals surface area contributed by atoms with Crippen LogP contribution in [0, 0.1) is 6.92 Å². The molecule has 3 aromatic rings. The Hall–Kier alpha value is -2.78. The molecular formula is C18H18ClN5O3S. The molecule has 10 heteroatoms. The summed E-state index contributed by atoms with van der Waals surface area (Å²) in [4.78, 5) is 21.2. The van der Waals surface area contributed by atoms with Crippen LogP contribution in [0.4, 0.5) is 5.13 Å². The van der Waals surface area contributed by atoms with Gasteiger partial charge in [0.25, 0.3) is 11.1 Å². The fraction of sp³-hybridized carbons (Fsp3) is 0.278. The number of hydrogen-bond donors (Lipinski definition) is 1. The van der Waals surface area contributed by atoms with E-state index in [0.717, 1.165) is 23.5 Å². The molecule has 3 rings (SSSR count). The fourth-order valence-corrected chi connectivity index (χ4v) is 3.20. The molecule has 0 aliphatic rings. The summed E-state index contributed by atoms with van der Waals surface area (Å²) in [7, 11) is 1.53. The van der Waals surface area contributed by atoms with Crippen LogP contribution >= 0.6 is 22.9 Å². The molecule has 0 spiro atoms. The number of aryl methyl sites for hydroxylation is 1. The molecule has 0 saturated carbocycles. The Balaban J connectivity index is 1.93. The van der Waals surface area contributed by atoms with Crippen LogP contribution in [0.2, 0.25) is 5.15 Å². The minimum atomic E-state index is -0.379. The van der Waals surface area contributed by atoms with Crippen molar-refractivity contribution >= 4 is 34.0 Å². The Labute approximate surface area is 170 Å². The maximum absolute atomic E-state index is 12.9. The quantitative estimate of drug-likeness (QED) is 0.577. The summed E-state index contributed by atoms with van der Waals surface area (Å²) in [5.74, 6) is 0.117. The van der Waals surface area contributed by atoms with Crippen LogP contribution in [-0.4, -0.2) is 39.8 Å². The standard InChI is InChI=1S/C18H18ClN5O3S/c1-4-5-27-18-24-23-17(28-18)22-16(25)13-8-20-10(2)6-11(13)12-7-15(19)21-9-14(12)26-3/h6-9H,4-5H2,1-3H3,(H,22,23,25). The zero-order chi connectivity index (χ0) is 20.1. The number of halogens is 1. The Kier molecular flexibility index (Phi) is 6.37. The lowest BCUT2D eigenvalue weighted by Crippen LogP contribution is -2.14. The molecule has 0 aromatic carbocycles. The SMILES string of the molecule is CCCOc1nnc(NC(=O)c2cnc(C)cc2-c2cc(Cl)ncc2OC)s1. The molecule has 0 bridgehead atoms. The van der Waals surface area contributed by atoms with Gasteiger partial charge in [0, 0.05) is 23.0 Å². The highest BCUT2D eigenvalue weighted by Gasteiger charge is 2.19. The Morgan fingerprint density at radius 3 is 2.79 bits per heavy atom. The topological polar surface area (TPSA) is 99.1 Å². The average molecular weight is 420 g/mol. The van der Waals surface area contributed by atoms with Gasteiger partial charge in [-0.1, -0.05) is 23.6 Å². The third kappa shape index (κ3) is 4.55. The highest BCUT2D eigenvalue weighted by atomic mass is 35.5. The van der Waals surface area contributed by atoms with Crippen LogP contribution in [-0.2, 0) is 0 Å². The van der Waals surface area contributed by atoms with Gasteiger partial charge in [-0.2, -0.15) is 0 Å². The average Bonchev–Trinajstić information content (AvgIpc) is 3.13. The molecule has 1 N–H and O–H groups in total. The van der Waals surface area contributed by atoms with E-state index in [1.54, 1.807) is 12.1 Å². The van der Waals surface area contributed by atoms with Crippen LogP contribution in [0.1, 0.15) is 29.4 Å². The number of pyridine rings is 2. The van der Waals surface area contributed by atoms with Crippen molar-refractivity contribution in [1.82, 2.24) is 20.2 Å². The van der Waals surface area contributed by atoms with Gasteiger partial charge in [-0.3, -0.25) is 15.1 Å². The van der Waals surface area contributed by atoms with Crippen LogP contribution in [0.15, 0.2) is 24.5 Å². The molecule has 0 saturated heterocycles. The number of nitrogens with one attached hydrogen (secondary N) is 1. The molecule has 146 valence electrons. The summed E-state index contributed by atoms with van der Waals surface area (Å²) in [6.07, 6.45) is 3.87. The fourth-order valence-electron chi connectivity index (χ4n) is 2.43. The van der Waals surface area contributed by atoms with E-state index in [4.69, 9.17) is 21.1 Å². The normalized spacial score (nSPS) is 10.6. The van der Waals surface area contributed by atoms with E-state index >= 15 is 0 Å². The molecule has 0 atom stereocenters. The molecule has 1 amide bonds. The summed E-state index contributed by atoms with van der Waals surface area (Å²) < 4.78 is 10.8. The molecule has 0 aliphatic heterocycles. The minimum absolute atomic E-state index is 0.290. The number of methoxy groups -OCH3 is 1. The van der Waals surface area contributed by atoms with Crippen molar-refractivity contribution in [2.75, 3.05) is 19.0 Å². The number of rotatable bonds is 7. The van der Waals surface area contributed by atoms with Crippen LogP contribution in [0.25, 0.3) is 11.1 Å². The van der Waals surface area contributed by atoms with Crippen LogP contribution in [0.5, 0.6) is 10.9 Å². The second-order valence-electron chi connectivity index (χ2n) is 5.75. The Morgan fingerprint density at radius 1 is 1.21 bits per heavy atom. The number of carbonyl (C=O) groups excluding carboxylic acids is 1. The molecule has 0 fully saturated rings. The smallest absolute Gasteiger partial charge is 0.295 e. The van der Waals surface area contributed by atoms with Gasteiger partial charge < -0.3 is 9.47 Å². The van der Waals surface area contributed by atoms with E-state index in [0.29, 0.717) is 44.5 Å². The maximum atomic E-state index is 12.9. The summed E-state index contributed by atoms with van der Waals surface area (Å²) in [6, 6.07) is 3.44. The summed E-state index contributed by atoms with van der Waals surface area (Å²) in [5, 5.41) is 11.6. The van der Waals surface area contributed by atoms with E-state index in [1.807, 2.05) is 13.8 Å². The number of aromatic nitrogens is 4. The van der Waals surface area contributed by atoms with E-state index in [-0.39, 0.29) is 5.91 Å². The zero-order valence-electron chi connectivity index (χ0n) is 15.5. The molecule has 3 heterocycles. The van der Waals surface area contributed by atoms with E-state index in [9.17, 15) is 4.79 Å². The Morgan fingerprint density at radius 2 is 2.04 bits per heavy atom. The summed E-state index contributed by atoms with van der Waals surface area (Å²) in [5.41, 5.74) is 2.35.